The van der Waals surface area contributed by atoms with E-state index in [-0.39, 0.29) is 6.04 Å². The highest BCUT2D eigenvalue weighted by Crippen LogP contribution is 2.50. The Kier molecular flexibility index (Phi) is 15.7. The standard InChI is InChI=1S/C88H60F4N8/c89-61-21-17-33-71(53-61)95(72-34-18-22-62(90)54-72)69-45-41-59(42-46-69)85-78-52-50-76(98(66-27-7-2-8-28-66)88-94-82-38-14-16-40-84(82)100(88)68-31-11-4-12-32-68)58-80(78)86(60-43-47-70(48-44-60)96(73-35-19-23-63(91)55-73)74-36-20-24-64(92)56-74)77-51-49-75(57-79(77)85)97(65-25-5-1-6-26-65)87-93-81-37-13-15-39-83(81)99(87)67-29-9-3-10-30-67/h1-27,29-58,66H,28H2. The molecule has 0 N–H and O–H groups in total. The molecule has 1 unspecified atom stereocenters. The molecule has 2 aromatic heterocycles. The molecule has 100 heavy (non-hydrogen) atoms. The topological polar surface area (TPSA) is 48.6 Å². The number of anilines is 11. The van der Waals surface area contributed by atoms with Crippen LogP contribution in [0.15, 0.2) is 346 Å². The summed E-state index contributed by atoms with van der Waals surface area (Å²) < 4.78 is 65.8. The van der Waals surface area contributed by atoms with Crippen LogP contribution in [0.4, 0.5) is 80.6 Å². The third-order valence-corrected chi connectivity index (χ3v) is 18.5. The minimum Gasteiger partial charge on any atom is -0.310 e. The molecule has 480 valence electrons. The zero-order chi connectivity index (χ0) is 67.2. The first-order valence-corrected chi connectivity index (χ1v) is 33.2. The Morgan fingerprint density at radius 3 is 1.12 bits per heavy atom. The van der Waals surface area contributed by atoms with Gasteiger partial charge in [0.25, 0.3) is 0 Å². The molecule has 1 aliphatic rings. The van der Waals surface area contributed by atoms with Crippen LogP contribution in [-0.2, 0) is 0 Å². The summed E-state index contributed by atoms with van der Waals surface area (Å²) in [4.78, 5) is 19.3. The monoisotopic (exact) mass is 1300 g/mol. The van der Waals surface area contributed by atoms with Crippen LogP contribution >= 0.6 is 0 Å². The van der Waals surface area contributed by atoms with Crippen LogP contribution in [0.3, 0.4) is 0 Å². The molecule has 0 bridgehead atoms. The maximum atomic E-state index is 15.3. The fourth-order valence-corrected chi connectivity index (χ4v) is 14.2. The van der Waals surface area contributed by atoms with Crippen molar-refractivity contribution in [3.05, 3.63) is 369 Å². The lowest BCUT2D eigenvalue weighted by Crippen LogP contribution is -2.32. The van der Waals surface area contributed by atoms with Gasteiger partial charge in [-0.3, -0.25) is 14.0 Å². The maximum Gasteiger partial charge on any atom is 0.220 e. The minimum atomic E-state index is -0.426. The Balaban J connectivity index is 0.961. The molecule has 16 aromatic rings. The molecule has 0 amide bonds. The van der Waals surface area contributed by atoms with E-state index in [1.165, 1.54) is 48.5 Å². The van der Waals surface area contributed by atoms with E-state index < -0.39 is 23.3 Å². The number of imidazole rings is 2. The highest BCUT2D eigenvalue weighted by atomic mass is 19.1. The Bertz CT molecular complexity index is 5710. The quantitative estimate of drug-likeness (QED) is 0.0710. The molecule has 12 heteroatoms. The van der Waals surface area contributed by atoms with Gasteiger partial charge < -0.3 is 14.7 Å². The van der Waals surface area contributed by atoms with Crippen molar-refractivity contribution in [1.29, 1.82) is 0 Å². The molecular formula is C88H60F4N8. The van der Waals surface area contributed by atoms with Gasteiger partial charge in [0, 0.05) is 62.6 Å². The van der Waals surface area contributed by atoms with Crippen molar-refractivity contribution >= 4 is 107 Å². The van der Waals surface area contributed by atoms with E-state index in [4.69, 9.17) is 9.97 Å². The third-order valence-electron chi connectivity index (χ3n) is 18.5. The van der Waals surface area contributed by atoms with Gasteiger partial charge in [-0.2, -0.15) is 0 Å². The van der Waals surface area contributed by atoms with Crippen molar-refractivity contribution in [2.45, 2.75) is 12.5 Å². The van der Waals surface area contributed by atoms with Crippen LogP contribution in [0.25, 0.3) is 77.2 Å². The number of rotatable bonds is 16. The molecule has 0 aliphatic heterocycles. The number of aromatic nitrogens is 4. The summed E-state index contributed by atoms with van der Waals surface area (Å²) in [5.74, 6) is -0.291. The van der Waals surface area contributed by atoms with Crippen molar-refractivity contribution < 1.29 is 17.6 Å². The van der Waals surface area contributed by atoms with E-state index >= 15 is 17.6 Å². The second-order valence-corrected chi connectivity index (χ2v) is 24.7. The molecule has 14 aromatic carbocycles. The Morgan fingerprint density at radius 2 is 0.670 bits per heavy atom. The third kappa shape index (κ3) is 11.2. The SMILES string of the molecule is Fc1cccc(N(c2ccc(-c3c4ccc(N(c5nc6ccccc6n5-c5ccccc5)C5C=CC=CC5)cc4c(-c4ccc(N(c5cccc(F)c5)c5cccc(F)c5)cc4)c4ccc(N(c5ccccc5)c5nc6ccccc6n5-c5ccccc5)cc34)cc2)c2cccc(F)c2)c1. The number of hydrogen-bond donors (Lipinski definition) is 0. The number of fused-ring (bicyclic) bond motifs is 4. The summed E-state index contributed by atoms with van der Waals surface area (Å²) in [6, 6.07) is 102. The largest absolute Gasteiger partial charge is 0.310 e. The molecule has 8 nitrogen and oxygen atoms in total. The van der Waals surface area contributed by atoms with Crippen molar-refractivity contribution in [2.24, 2.45) is 0 Å². The van der Waals surface area contributed by atoms with Gasteiger partial charge in [-0.1, -0.05) is 164 Å². The second-order valence-electron chi connectivity index (χ2n) is 24.7. The van der Waals surface area contributed by atoms with Crippen LogP contribution in [0.1, 0.15) is 6.42 Å². The van der Waals surface area contributed by atoms with E-state index in [0.29, 0.717) is 46.5 Å². The summed E-state index contributed by atoms with van der Waals surface area (Å²) in [6.45, 7) is 0. The first kappa shape index (κ1) is 60.6. The molecule has 2 heterocycles. The fraction of sp³-hybridized carbons (Fsp3) is 0.0227. The molecule has 1 aliphatic carbocycles. The smallest absolute Gasteiger partial charge is 0.220 e. The Hall–Kier alpha value is -13.1. The lowest BCUT2D eigenvalue weighted by Gasteiger charge is -2.32. The van der Waals surface area contributed by atoms with E-state index in [9.17, 15) is 0 Å². The molecule has 0 fully saturated rings. The second kappa shape index (κ2) is 25.8. The number of nitrogens with zero attached hydrogens (tertiary/aromatic N) is 8. The molecule has 0 saturated carbocycles. The average Bonchev–Trinajstić information content (AvgIpc) is 1.11. The van der Waals surface area contributed by atoms with Gasteiger partial charge in [-0.15, -0.1) is 0 Å². The predicted molar refractivity (Wildman–Crippen MR) is 401 cm³/mol. The van der Waals surface area contributed by atoms with Gasteiger partial charge in [0.15, 0.2) is 0 Å². The minimum absolute atomic E-state index is 0.167. The Morgan fingerprint density at radius 1 is 0.300 bits per heavy atom. The van der Waals surface area contributed by atoms with E-state index in [0.717, 1.165) is 100 Å². The van der Waals surface area contributed by atoms with E-state index in [1.54, 1.807) is 24.3 Å². The first-order chi connectivity index (χ1) is 49.2. The van der Waals surface area contributed by atoms with Crippen LogP contribution in [0.5, 0.6) is 0 Å². The first-order valence-electron chi connectivity index (χ1n) is 33.2. The number of halogens is 4. The van der Waals surface area contributed by atoms with Gasteiger partial charge in [0.05, 0.1) is 28.1 Å². The molecule has 17 rings (SSSR count). The number of allylic oxidation sites excluding steroid dienone is 2. The van der Waals surface area contributed by atoms with Crippen LogP contribution in [0, 0.1) is 23.3 Å². The number of benzene rings is 14. The average molecular weight is 1310 g/mol. The fourth-order valence-electron chi connectivity index (χ4n) is 14.2. The van der Waals surface area contributed by atoms with Crippen LogP contribution in [0.2, 0.25) is 0 Å². The van der Waals surface area contributed by atoms with Gasteiger partial charge in [0.2, 0.25) is 11.9 Å². The lowest BCUT2D eigenvalue weighted by molar-refractivity contribution is 0.626. The molecular weight excluding hydrogens is 1250 g/mol. The van der Waals surface area contributed by atoms with Crippen molar-refractivity contribution in [3.63, 3.8) is 0 Å². The predicted octanol–water partition coefficient (Wildman–Crippen LogP) is 24.0. The Labute approximate surface area is 575 Å². The highest BCUT2D eigenvalue weighted by molar-refractivity contribution is 6.23. The molecule has 0 saturated heterocycles. The van der Waals surface area contributed by atoms with Gasteiger partial charge in [0.1, 0.15) is 23.3 Å². The van der Waals surface area contributed by atoms with E-state index in [2.05, 4.69) is 158 Å². The van der Waals surface area contributed by atoms with Crippen molar-refractivity contribution in [3.8, 4) is 33.6 Å². The zero-order valence-corrected chi connectivity index (χ0v) is 53.8. The van der Waals surface area contributed by atoms with Gasteiger partial charge >= 0.3 is 0 Å². The maximum absolute atomic E-state index is 15.3. The normalized spacial score (nSPS) is 12.8. The lowest BCUT2D eigenvalue weighted by atomic mass is 9.85. The summed E-state index contributed by atoms with van der Waals surface area (Å²) in [5.41, 5.74) is 15.1. The van der Waals surface area contributed by atoms with Crippen molar-refractivity contribution in [1.82, 2.24) is 19.1 Å². The molecule has 1 atom stereocenters. The number of hydrogen-bond acceptors (Lipinski definition) is 6. The molecule has 0 spiro atoms. The summed E-state index contributed by atoms with van der Waals surface area (Å²) in [5, 5.41) is 3.67. The summed E-state index contributed by atoms with van der Waals surface area (Å²) in [6.07, 6.45) is 9.32. The van der Waals surface area contributed by atoms with Gasteiger partial charge in [-0.25, -0.2) is 27.5 Å². The van der Waals surface area contributed by atoms with E-state index in [1.807, 2.05) is 143 Å². The molecule has 0 radical (unpaired) electrons. The summed E-state index contributed by atoms with van der Waals surface area (Å²) >= 11 is 0. The van der Waals surface area contributed by atoms with Crippen LogP contribution < -0.4 is 19.6 Å². The van der Waals surface area contributed by atoms with Crippen molar-refractivity contribution in [2.75, 3.05) is 19.6 Å². The van der Waals surface area contributed by atoms with Crippen LogP contribution in [-0.4, -0.2) is 25.1 Å². The highest BCUT2D eigenvalue weighted by Gasteiger charge is 2.30. The number of para-hydroxylation sites is 7. The zero-order valence-electron chi connectivity index (χ0n) is 53.8. The summed E-state index contributed by atoms with van der Waals surface area (Å²) in [7, 11) is 0. The van der Waals surface area contributed by atoms with Gasteiger partial charge in [-0.05, 0) is 232 Å².